The van der Waals surface area contributed by atoms with Crippen LogP contribution >= 0.6 is 0 Å². The molecule has 3 nitrogen and oxygen atoms in total. The normalized spacial score (nSPS) is 19.2. The lowest BCUT2D eigenvalue weighted by molar-refractivity contribution is 0.474. The molecule has 1 unspecified atom stereocenters. The Kier molecular flexibility index (Phi) is 7.23. The van der Waals surface area contributed by atoms with Crippen LogP contribution in [0.15, 0.2) is 0 Å². The van der Waals surface area contributed by atoms with Gasteiger partial charge in [-0.1, -0.05) is 26.7 Å². The molecule has 1 aliphatic carbocycles. The molecule has 0 aliphatic heterocycles. The highest BCUT2D eigenvalue weighted by Gasteiger charge is 2.22. The summed E-state index contributed by atoms with van der Waals surface area (Å²) in [5.41, 5.74) is 0. The molecule has 18 heavy (non-hydrogen) atoms. The maximum absolute atomic E-state index is 12.0. The van der Waals surface area contributed by atoms with Crippen LogP contribution in [0.25, 0.3) is 0 Å². The molecule has 0 amide bonds. The maximum Gasteiger partial charge on any atom is 0.150 e. The van der Waals surface area contributed by atoms with Crippen molar-refractivity contribution in [3.63, 3.8) is 0 Å². The zero-order valence-electron chi connectivity index (χ0n) is 12.0. The van der Waals surface area contributed by atoms with Crippen molar-refractivity contribution in [3.05, 3.63) is 0 Å². The van der Waals surface area contributed by atoms with Gasteiger partial charge in [0, 0.05) is 6.04 Å². The third kappa shape index (κ3) is 6.19. The third-order valence-corrected chi connectivity index (χ3v) is 5.85. The van der Waals surface area contributed by atoms with Crippen LogP contribution in [0, 0.1) is 5.92 Å². The monoisotopic (exact) mass is 275 g/mol. The van der Waals surface area contributed by atoms with Crippen LogP contribution in [-0.2, 0) is 9.84 Å². The highest BCUT2D eigenvalue weighted by atomic mass is 32.2. The predicted octanol–water partition coefficient (Wildman–Crippen LogP) is 2.76. The molecule has 0 bridgehead atoms. The molecule has 0 aromatic rings. The summed E-state index contributed by atoms with van der Waals surface area (Å²) < 4.78 is 24.0. The second-order valence-electron chi connectivity index (χ2n) is 5.57. The topological polar surface area (TPSA) is 46.2 Å². The van der Waals surface area contributed by atoms with E-state index in [2.05, 4.69) is 19.2 Å². The SMILES string of the molecule is CCNC(CC)CCCS(=O)(=O)CC1CCCC1. The molecule has 1 aliphatic rings. The second-order valence-corrected chi connectivity index (χ2v) is 7.80. The average molecular weight is 275 g/mol. The van der Waals surface area contributed by atoms with E-state index in [4.69, 9.17) is 0 Å². The van der Waals surface area contributed by atoms with E-state index in [1.54, 1.807) is 0 Å². The number of hydrogen-bond donors (Lipinski definition) is 1. The van der Waals surface area contributed by atoms with E-state index in [0.29, 0.717) is 23.5 Å². The lowest BCUT2D eigenvalue weighted by Gasteiger charge is -2.16. The molecule has 108 valence electrons. The summed E-state index contributed by atoms with van der Waals surface area (Å²) in [5, 5.41) is 3.40. The van der Waals surface area contributed by atoms with Crippen molar-refractivity contribution in [2.45, 2.75) is 64.8 Å². The summed E-state index contributed by atoms with van der Waals surface area (Å²) in [6.45, 7) is 5.22. The number of hydrogen-bond acceptors (Lipinski definition) is 3. The first-order valence-corrected chi connectivity index (χ1v) is 9.33. The summed E-state index contributed by atoms with van der Waals surface area (Å²) in [4.78, 5) is 0. The zero-order chi connectivity index (χ0) is 13.4. The summed E-state index contributed by atoms with van der Waals surface area (Å²) in [6, 6.07) is 0.483. The predicted molar refractivity (Wildman–Crippen MR) is 77.6 cm³/mol. The lowest BCUT2D eigenvalue weighted by atomic mass is 10.1. The first kappa shape index (κ1) is 16.0. The van der Waals surface area contributed by atoms with E-state index in [0.717, 1.165) is 38.6 Å². The molecule has 1 saturated carbocycles. The fraction of sp³-hybridized carbons (Fsp3) is 1.00. The standard InChI is InChI=1S/C14H29NO2S/c1-3-14(15-4-2)10-7-11-18(16,17)12-13-8-5-6-9-13/h13-15H,3-12H2,1-2H3. The van der Waals surface area contributed by atoms with Crippen molar-refractivity contribution in [1.29, 1.82) is 0 Å². The molecule has 4 heteroatoms. The van der Waals surface area contributed by atoms with Gasteiger partial charge in [0.05, 0.1) is 11.5 Å². The lowest BCUT2D eigenvalue weighted by Crippen LogP contribution is -2.28. The van der Waals surface area contributed by atoms with Gasteiger partial charge >= 0.3 is 0 Å². The first-order valence-electron chi connectivity index (χ1n) is 7.51. The van der Waals surface area contributed by atoms with Crippen molar-refractivity contribution in [2.24, 2.45) is 5.92 Å². The fourth-order valence-electron chi connectivity index (χ4n) is 2.91. The summed E-state index contributed by atoms with van der Waals surface area (Å²) >= 11 is 0. The molecular weight excluding hydrogens is 246 g/mol. The van der Waals surface area contributed by atoms with Gasteiger partial charge in [-0.3, -0.25) is 0 Å². The molecule has 0 spiro atoms. The molecule has 0 radical (unpaired) electrons. The van der Waals surface area contributed by atoms with Gasteiger partial charge in [-0.05, 0) is 44.6 Å². The minimum Gasteiger partial charge on any atom is -0.314 e. The minimum absolute atomic E-state index is 0.380. The fourth-order valence-corrected chi connectivity index (χ4v) is 4.73. The Labute approximate surface area is 113 Å². The Morgan fingerprint density at radius 1 is 1.22 bits per heavy atom. The van der Waals surface area contributed by atoms with E-state index in [1.807, 2.05) is 0 Å². The summed E-state index contributed by atoms with van der Waals surface area (Å²) in [7, 11) is -2.81. The van der Waals surface area contributed by atoms with E-state index < -0.39 is 9.84 Å². The Bertz CT molecular complexity index is 308. The smallest absolute Gasteiger partial charge is 0.150 e. The molecule has 0 heterocycles. The van der Waals surface area contributed by atoms with Crippen LogP contribution in [-0.4, -0.2) is 32.5 Å². The number of nitrogens with one attached hydrogen (secondary N) is 1. The van der Waals surface area contributed by atoms with Gasteiger partial charge < -0.3 is 5.32 Å². The van der Waals surface area contributed by atoms with Crippen molar-refractivity contribution >= 4 is 9.84 Å². The molecule has 0 aromatic carbocycles. The van der Waals surface area contributed by atoms with Crippen LogP contribution in [0.4, 0.5) is 0 Å². The molecule has 1 fully saturated rings. The Morgan fingerprint density at radius 3 is 2.44 bits per heavy atom. The van der Waals surface area contributed by atoms with E-state index in [1.165, 1.54) is 12.8 Å². The first-order chi connectivity index (χ1) is 8.57. The Balaban J connectivity index is 2.23. The highest BCUT2D eigenvalue weighted by Crippen LogP contribution is 2.26. The van der Waals surface area contributed by atoms with Gasteiger partial charge in [0.2, 0.25) is 0 Å². The van der Waals surface area contributed by atoms with Crippen LogP contribution < -0.4 is 5.32 Å². The van der Waals surface area contributed by atoms with E-state index in [-0.39, 0.29) is 0 Å². The second kappa shape index (κ2) is 8.16. The van der Waals surface area contributed by atoms with Gasteiger partial charge in [-0.25, -0.2) is 8.42 Å². The van der Waals surface area contributed by atoms with Crippen LogP contribution in [0.1, 0.15) is 58.8 Å². The van der Waals surface area contributed by atoms with Gasteiger partial charge in [-0.2, -0.15) is 0 Å². The molecular formula is C14H29NO2S. The Hall–Kier alpha value is -0.0900. The zero-order valence-corrected chi connectivity index (χ0v) is 12.8. The van der Waals surface area contributed by atoms with Crippen molar-refractivity contribution in [1.82, 2.24) is 5.32 Å². The van der Waals surface area contributed by atoms with Gasteiger partial charge in [0.1, 0.15) is 0 Å². The largest absolute Gasteiger partial charge is 0.314 e. The van der Waals surface area contributed by atoms with Crippen LogP contribution in [0.5, 0.6) is 0 Å². The third-order valence-electron chi connectivity index (χ3n) is 3.96. The van der Waals surface area contributed by atoms with Gasteiger partial charge in [0.25, 0.3) is 0 Å². The van der Waals surface area contributed by atoms with E-state index in [9.17, 15) is 8.42 Å². The average Bonchev–Trinajstić information content (AvgIpc) is 2.79. The molecule has 0 saturated heterocycles. The molecule has 1 atom stereocenters. The quantitative estimate of drug-likeness (QED) is 0.704. The Morgan fingerprint density at radius 2 is 1.89 bits per heavy atom. The summed E-state index contributed by atoms with van der Waals surface area (Å²) in [5.74, 6) is 1.27. The van der Waals surface area contributed by atoms with Crippen LogP contribution in [0.2, 0.25) is 0 Å². The minimum atomic E-state index is -2.81. The van der Waals surface area contributed by atoms with Gasteiger partial charge in [0.15, 0.2) is 9.84 Å². The molecule has 1 rings (SSSR count). The van der Waals surface area contributed by atoms with Crippen LogP contribution in [0.3, 0.4) is 0 Å². The number of sulfone groups is 1. The molecule has 0 aromatic heterocycles. The van der Waals surface area contributed by atoms with Crippen molar-refractivity contribution < 1.29 is 8.42 Å². The van der Waals surface area contributed by atoms with Crippen molar-refractivity contribution in [3.8, 4) is 0 Å². The van der Waals surface area contributed by atoms with E-state index >= 15 is 0 Å². The summed E-state index contributed by atoms with van der Waals surface area (Å²) in [6.07, 6.45) is 7.55. The maximum atomic E-state index is 12.0. The number of rotatable bonds is 9. The highest BCUT2D eigenvalue weighted by molar-refractivity contribution is 7.91. The molecule has 1 N–H and O–H groups in total. The van der Waals surface area contributed by atoms with Gasteiger partial charge in [-0.15, -0.1) is 0 Å². The van der Waals surface area contributed by atoms with Crippen molar-refractivity contribution in [2.75, 3.05) is 18.1 Å².